The first-order valence-corrected chi connectivity index (χ1v) is 6.22. The van der Waals surface area contributed by atoms with Crippen LogP contribution in [0.15, 0.2) is 47.7 Å². The van der Waals surface area contributed by atoms with Crippen LogP contribution in [-0.4, -0.2) is 10.8 Å². The molecule has 3 rings (SSSR count). The summed E-state index contributed by atoms with van der Waals surface area (Å²) in [6.07, 6.45) is 6.81. The van der Waals surface area contributed by atoms with Gasteiger partial charge in [-0.3, -0.25) is 4.79 Å². The van der Waals surface area contributed by atoms with Gasteiger partial charge in [0.25, 0.3) is 5.91 Å². The van der Waals surface area contributed by atoms with Gasteiger partial charge in [0.1, 0.15) is 5.82 Å². The number of allylic oxidation sites excluding steroid dienone is 2. The van der Waals surface area contributed by atoms with Crippen LogP contribution < -0.4 is 0 Å². The lowest BCUT2D eigenvalue weighted by Crippen LogP contribution is -2.25. The molecule has 92 valence electrons. The predicted molar refractivity (Wildman–Crippen MR) is 67.0 cm³/mol. The molecule has 3 heteroatoms. The van der Waals surface area contributed by atoms with E-state index in [2.05, 4.69) is 6.08 Å². The zero-order chi connectivity index (χ0) is 12.5. The molecule has 2 aliphatic rings. The number of nitrogens with zero attached hydrogens (tertiary/aromatic N) is 1. The average Bonchev–Trinajstić information content (AvgIpc) is 2.69. The quantitative estimate of drug-likeness (QED) is 0.781. The van der Waals surface area contributed by atoms with Gasteiger partial charge in [0.2, 0.25) is 0 Å². The van der Waals surface area contributed by atoms with Crippen LogP contribution in [0, 0.1) is 5.82 Å². The summed E-state index contributed by atoms with van der Waals surface area (Å²) < 4.78 is 13.6. The third kappa shape index (κ3) is 1.86. The minimum atomic E-state index is -0.254. The minimum absolute atomic E-state index is 0.0265. The van der Waals surface area contributed by atoms with Crippen molar-refractivity contribution in [2.75, 3.05) is 0 Å². The fourth-order valence-electron chi connectivity index (χ4n) is 2.53. The molecule has 0 aromatic heterocycles. The molecule has 18 heavy (non-hydrogen) atoms. The second-order valence-corrected chi connectivity index (χ2v) is 4.67. The summed E-state index contributed by atoms with van der Waals surface area (Å²) in [7, 11) is 0. The highest BCUT2D eigenvalue weighted by Gasteiger charge is 2.28. The highest BCUT2D eigenvalue weighted by atomic mass is 19.1. The van der Waals surface area contributed by atoms with Crippen LogP contribution in [0.4, 0.5) is 4.39 Å². The van der Waals surface area contributed by atoms with E-state index in [1.807, 2.05) is 0 Å². The van der Waals surface area contributed by atoms with E-state index in [0.29, 0.717) is 12.1 Å². The fraction of sp³-hybridized carbons (Fsp3) is 0.267. The third-order valence-corrected chi connectivity index (χ3v) is 3.46. The molecule has 2 nitrogen and oxygen atoms in total. The number of carbonyl (C=O) groups is 1. The summed E-state index contributed by atoms with van der Waals surface area (Å²) in [5.41, 5.74) is 2.64. The maximum Gasteiger partial charge on any atom is 0.251 e. The smallest absolute Gasteiger partial charge is 0.251 e. The van der Waals surface area contributed by atoms with Gasteiger partial charge in [-0.15, -0.1) is 0 Å². The first-order valence-electron chi connectivity index (χ1n) is 6.22. The van der Waals surface area contributed by atoms with Gasteiger partial charge in [0.15, 0.2) is 0 Å². The number of fused-ring (bicyclic) bond motifs is 1. The van der Waals surface area contributed by atoms with Crippen molar-refractivity contribution >= 4 is 5.91 Å². The minimum Gasteiger partial charge on any atom is -0.304 e. The average molecular weight is 243 g/mol. The van der Waals surface area contributed by atoms with Crippen molar-refractivity contribution in [2.24, 2.45) is 0 Å². The van der Waals surface area contributed by atoms with Crippen LogP contribution in [0.3, 0.4) is 0 Å². The monoisotopic (exact) mass is 243 g/mol. The zero-order valence-corrected chi connectivity index (χ0v) is 10.0. The van der Waals surface area contributed by atoms with Crippen molar-refractivity contribution in [3.8, 4) is 0 Å². The summed E-state index contributed by atoms with van der Waals surface area (Å²) in [6, 6.07) is 6.61. The van der Waals surface area contributed by atoms with Gasteiger partial charge in [0.05, 0.1) is 6.54 Å². The largest absolute Gasteiger partial charge is 0.304 e. The number of halogens is 1. The van der Waals surface area contributed by atoms with Gasteiger partial charge >= 0.3 is 0 Å². The van der Waals surface area contributed by atoms with Gasteiger partial charge in [-0.2, -0.15) is 0 Å². The number of hydrogen-bond acceptors (Lipinski definition) is 1. The lowest BCUT2D eigenvalue weighted by molar-refractivity contribution is -0.123. The van der Waals surface area contributed by atoms with Crippen LogP contribution >= 0.6 is 0 Å². The Morgan fingerprint density at radius 1 is 1.28 bits per heavy atom. The summed E-state index contributed by atoms with van der Waals surface area (Å²) in [5, 5.41) is 0. The molecule has 0 spiro atoms. The summed E-state index contributed by atoms with van der Waals surface area (Å²) in [5.74, 6) is -0.281. The molecular formula is C15H14FNO. The highest BCUT2D eigenvalue weighted by molar-refractivity contribution is 5.94. The van der Waals surface area contributed by atoms with E-state index >= 15 is 0 Å². The third-order valence-electron chi connectivity index (χ3n) is 3.46. The van der Waals surface area contributed by atoms with Crippen LogP contribution in [0.25, 0.3) is 0 Å². The molecule has 0 atom stereocenters. The van der Waals surface area contributed by atoms with Crippen molar-refractivity contribution in [2.45, 2.75) is 25.8 Å². The van der Waals surface area contributed by atoms with E-state index in [9.17, 15) is 9.18 Å². The fourth-order valence-corrected chi connectivity index (χ4v) is 2.53. The standard InChI is InChI=1S/C15H14FNO/c16-13-7-3-1-6-12(13)10-17-14-8-4-2-5-11(14)9-15(17)18/h1,3,6-9H,2,4-5,10H2. The lowest BCUT2D eigenvalue weighted by atomic mass is 10.00. The summed E-state index contributed by atoms with van der Waals surface area (Å²) >= 11 is 0. The second kappa shape index (κ2) is 4.41. The Labute approximate surface area is 105 Å². The first-order chi connectivity index (χ1) is 8.75. The van der Waals surface area contributed by atoms with E-state index in [0.717, 1.165) is 30.5 Å². The van der Waals surface area contributed by atoms with Crippen LogP contribution in [0.2, 0.25) is 0 Å². The molecule has 1 aliphatic heterocycles. The van der Waals surface area contributed by atoms with Crippen molar-refractivity contribution in [3.63, 3.8) is 0 Å². The molecule has 0 saturated carbocycles. The van der Waals surface area contributed by atoms with Crippen molar-refractivity contribution in [3.05, 3.63) is 59.1 Å². The number of amides is 1. The lowest BCUT2D eigenvalue weighted by Gasteiger charge is -2.22. The molecular weight excluding hydrogens is 229 g/mol. The molecule has 0 bridgehead atoms. The van der Waals surface area contributed by atoms with Crippen LogP contribution in [0.5, 0.6) is 0 Å². The topological polar surface area (TPSA) is 20.3 Å². The van der Waals surface area contributed by atoms with Crippen molar-refractivity contribution in [1.29, 1.82) is 0 Å². The van der Waals surface area contributed by atoms with Gasteiger partial charge < -0.3 is 4.90 Å². The molecule has 1 amide bonds. The Balaban J connectivity index is 1.88. The maximum atomic E-state index is 13.6. The number of hydrogen-bond donors (Lipinski definition) is 0. The Morgan fingerprint density at radius 3 is 2.94 bits per heavy atom. The normalized spacial score (nSPS) is 18.5. The summed E-state index contributed by atoms with van der Waals surface area (Å²) in [6.45, 7) is 0.317. The van der Waals surface area contributed by atoms with Gasteiger partial charge in [-0.25, -0.2) is 4.39 Å². The Morgan fingerprint density at radius 2 is 2.11 bits per heavy atom. The van der Waals surface area contributed by atoms with Gasteiger partial charge in [-0.1, -0.05) is 24.3 Å². The van der Waals surface area contributed by atoms with Crippen LogP contribution in [-0.2, 0) is 11.3 Å². The maximum absolute atomic E-state index is 13.6. The van der Waals surface area contributed by atoms with E-state index < -0.39 is 0 Å². The van der Waals surface area contributed by atoms with Crippen LogP contribution in [0.1, 0.15) is 24.8 Å². The van der Waals surface area contributed by atoms with Crippen molar-refractivity contribution in [1.82, 2.24) is 4.90 Å². The Bertz CT molecular complexity index is 559. The molecule has 0 saturated heterocycles. The van der Waals surface area contributed by atoms with E-state index in [1.54, 1.807) is 29.2 Å². The molecule has 1 aromatic rings. The van der Waals surface area contributed by atoms with Gasteiger partial charge in [0, 0.05) is 17.3 Å². The SMILES string of the molecule is O=C1C=C2CCCC=C2N1Cc1ccccc1F. The second-order valence-electron chi connectivity index (χ2n) is 4.67. The highest BCUT2D eigenvalue weighted by Crippen LogP contribution is 2.33. The molecule has 1 aliphatic carbocycles. The Kier molecular flexibility index (Phi) is 2.74. The number of carbonyl (C=O) groups excluding carboxylic acids is 1. The molecule has 1 heterocycles. The summed E-state index contributed by atoms with van der Waals surface area (Å²) in [4.78, 5) is 13.6. The predicted octanol–water partition coefficient (Wildman–Crippen LogP) is 3.16. The van der Waals surface area contributed by atoms with E-state index in [1.165, 1.54) is 6.07 Å². The molecule has 0 fully saturated rings. The van der Waals surface area contributed by atoms with Crippen molar-refractivity contribution < 1.29 is 9.18 Å². The zero-order valence-electron chi connectivity index (χ0n) is 10.0. The molecule has 0 radical (unpaired) electrons. The Hall–Kier alpha value is -1.90. The molecule has 0 N–H and O–H groups in total. The van der Waals surface area contributed by atoms with E-state index in [-0.39, 0.29) is 11.7 Å². The molecule has 1 aromatic carbocycles. The molecule has 0 unspecified atom stereocenters. The van der Waals surface area contributed by atoms with E-state index in [4.69, 9.17) is 0 Å². The number of benzene rings is 1. The van der Waals surface area contributed by atoms with Gasteiger partial charge in [-0.05, 0) is 30.9 Å². The number of rotatable bonds is 2. The first kappa shape index (κ1) is 11.2.